The number of fused-ring (bicyclic) bond motifs is 1. The molecule has 2 N–H and O–H groups in total. The van der Waals surface area contributed by atoms with Crippen LogP contribution in [0.3, 0.4) is 0 Å². The minimum Gasteiger partial charge on any atom is -0.508 e. The van der Waals surface area contributed by atoms with Crippen LogP contribution in [0.4, 0.5) is 15.8 Å². The molecule has 0 aliphatic heterocycles. The number of pyridine rings is 1. The lowest BCUT2D eigenvalue weighted by Gasteiger charge is -2.11. The summed E-state index contributed by atoms with van der Waals surface area (Å²) in [5.74, 6) is 0.663. The summed E-state index contributed by atoms with van der Waals surface area (Å²) >= 11 is 0. The standard InChI is InChI=1S/C17H12FN3O2/c1-20-15-8-11-14(9-17(15)22-2)21-6-5-16(11)23-10-3-4-13(19)12(18)7-10/h3-9H,19H2,2H3. The van der Waals surface area contributed by atoms with Gasteiger partial charge in [0.05, 0.1) is 24.9 Å². The average Bonchev–Trinajstić information content (AvgIpc) is 2.57. The van der Waals surface area contributed by atoms with Gasteiger partial charge in [0.25, 0.3) is 0 Å². The molecule has 114 valence electrons. The quantitative estimate of drug-likeness (QED) is 0.578. The highest BCUT2D eigenvalue weighted by molar-refractivity contribution is 5.91. The minimum atomic E-state index is -0.552. The molecule has 0 fully saturated rings. The summed E-state index contributed by atoms with van der Waals surface area (Å²) in [4.78, 5) is 7.67. The number of nitrogen functional groups attached to an aromatic ring is 1. The lowest BCUT2D eigenvalue weighted by molar-refractivity contribution is 0.418. The fourth-order valence-corrected chi connectivity index (χ4v) is 2.18. The maximum absolute atomic E-state index is 13.5. The molecular weight excluding hydrogens is 297 g/mol. The van der Waals surface area contributed by atoms with Crippen molar-refractivity contribution in [1.82, 2.24) is 4.98 Å². The highest BCUT2D eigenvalue weighted by atomic mass is 19.1. The third-order valence-electron chi connectivity index (χ3n) is 3.32. The maximum Gasteiger partial charge on any atom is 0.228 e. The molecule has 0 bridgehead atoms. The van der Waals surface area contributed by atoms with Crippen molar-refractivity contribution in [1.29, 1.82) is 0 Å². The number of nitrogens with zero attached hydrogens (tertiary/aromatic N) is 2. The number of nitrogens with two attached hydrogens (primary N) is 1. The first-order valence-electron chi connectivity index (χ1n) is 6.69. The zero-order valence-electron chi connectivity index (χ0n) is 12.2. The number of aromatic nitrogens is 1. The molecule has 0 unspecified atom stereocenters. The first kappa shape index (κ1) is 14.6. The van der Waals surface area contributed by atoms with Gasteiger partial charge in [-0.25, -0.2) is 9.24 Å². The number of halogens is 1. The SMILES string of the molecule is [C-]#[N+]c1cc2c(Oc3ccc(N)c(F)c3)ccnc2cc1OC. The molecule has 0 saturated carbocycles. The lowest BCUT2D eigenvalue weighted by atomic mass is 10.1. The van der Waals surface area contributed by atoms with Crippen molar-refractivity contribution < 1.29 is 13.9 Å². The largest absolute Gasteiger partial charge is 0.508 e. The van der Waals surface area contributed by atoms with E-state index in [0.717, 1.165) is 0 Å². The van der Waals surface area contributed by atoms with Crippen LogP contribution in [0.5, 0.6) is 17.2 Å². The molecule has 3 aromatic rings. The van der Waals surface area contributed by atoms with Crippen LogP contribution in [-0.4, -0.2) is 12.1 Å². The lowest BCUT2D eigenvalue weighted by Crippen LogP contribution is -1.93. The van der Waals surface area contributed by atoms with E-state index in [1.165, 1.54) is 19.2 Å². The van der Waals surface area contributed by atoms with Crippen molar-refractivity contribution in [2.24, 2.45) is 0 Å². The Kier molecular flexibility index (Phi) is 3.69. The van der Waals surface area contributed by atoms with Crippen LogP contribution in [0.25, 0.3) is 15.7 Å². The highest BCUT2D eigenvalue weighted by Gasteiger charge is 2.11. The number of hydrogen-bond donors (Lipinski definition) is 1. The molecule has 0 amide bonds. The predicted molar refractivity (Wildman–Crippen MR) is 85.4 cm³/mol. The number of benzene rings is 2. The number of methoxy groups -OCH3 is 1. The normalized spacial score (nSPS) is 10.3. The van der Waals surface area contributed by atoms with Crippen molar-refractivity contribution in [3.63, 3.8) is 0 Å². The highest BCUT2D eigenvalue weighted by Crippen LogP contribution is 2.37. The molecule has 0 spiro atoms. The van der Waals surface area contributed by atoms with E-state index in [1.807, 2.05) is 0 Å². The Morgan fingerprint density at radius 2 is 2.00 bits per heavy atom. The second-order valence-corrected chi connectivity index (χ2v) is 4.75. The van der Waals surface area contributed by atoms with Crippen molar-refractivity contribution >= 4 is 22.3 Å². The second-order valence-electron chi connectivity index (χ2n) is 4.75. The van der Waals surface area contributed by atoms with Crippen LogP contribution >= 0.6 is 0 Å². The molecule has 3 rings (SSSR count). The van der Waals surface area contributed by atoms with E-state index in [4.69, 9.17) is 21.8 Å². The molecular formula is C17H12FN3O2. The van der Waals surface area contributed by atoms with Crippen molar-refractivity contribution in [2.75, 3.05) is 12.8 Å². The van der Waals surface area contributed by atoms with Crippen molar-refractivity contribution in [2.45, 2.75) is 0 Å². The second kappa shape index (κ2) is 5.81. The Morgan fingerprint density at radius 1 is 1.17 bits per heavy atom. The van der Waals surface area contributed by atoms with Crippen LogP contribution in [0, 0.1) is 12.4 Å². The van der Waals surface area contributed by atoms with E-state index in [9.17, 15) is 4.39 Å². The fourth-order valence-electron chi connectivity index (χ4n) is 2.18. The summed E-state index contributed by atoms with van der Waals surface area (Å²) in [6, 6.07) is 9.17. The molecule has 0 aliphatic carbocycles. The van der Waals surface area contributed by atoms with Crippen LogP contribution in [0.1, 0.15) is 0 Å². The zero-order chi connectivity index (χ0) is 16.4. The van der Waals surface area contributed by atoms with Gasteiger partial charge in [-0.1, -0.05) is 0 Å². The van der Waals surface area contributed by atoms with E-state index in [2.05, 4.69) is 9.83 Å². The van der Waals surface area contributed by atoms with Crippen LogP contribution in [0.2, 0.25) is 0 Å². The Hall–Kier alpha value is -3.33. The molecule has 5 nitrogen and oxygen atoms in total. The van der Waals surface area contributed by atoms with Gasteiger partial charge >= 0.3 is 0 Å². The van der Waals surface area contributed by atoms with Gasteiger partial charge in [-0.2, -0.15) is 0 Å². The summed E-state index contributed by atoms with van der Waals surface area (Å²) in [7, 11) is 1.49. The van der Waals surface area contributed by atoms with Crippen LogP contribution in [-0.2, 0) is 0 Å². The molecule has 2 aromatic carbocycles. The monoisotopic (exact) mass is 309 g/mol. The summed E-state index contributed by atoms with van der Waals surface area (Å²) in [6.07, 6.45) is 1.57. The van der Waals surface area contributed by atoms with Gasteiger partial charge in [-0.15, -0.1) is 0 Å². The predicted octanol–water partition coefficient (Wildman–Crippen LogP) is 4.31. The topological polar surface area (TPSA) is 61.7 Å². The molecule has 23 heavy (non-hydrogen) atoms. The van der Waals surface area contributed by atoms with E-state index in [1.54, 1.807) is 30.5 Å². The van der Waals surface area contributed by atoms with Gasteiger partial charge in [0.1, 0.15) is 23.1 Å². The number of ether oxygens (including phenoxy) is 2. The van der Waals surface area contributed by atoms with Gasteiger partial charge in [-0.05, 0) is 30.3 Å². The third kappa shape index (κ3) is 2.72. The number of rotatable bonds is 3. The molecule has 0 radical (unpaired) electrons. The third-order valence-corrected chi connectivity index (χ3v) is 3.32. The molecule has 6 heteroatoms. The molecule has 0 aliphatic rings. The first-order valence-corrected chi connectivity index (χ1v) is 6.69. The van der Waals surface area contributed by atoms with Gasteiger partial charge in [-0.3, -0.25) is 4.98 Å². The van der Waals surface area contributed by atoms with Crippen molar-refractivity contribution in [3.05, 3.63) is 59.8 Å². The molecule has 0 saturated heterocycles. The molecule has 1 heterocycles. The smallest absolute Gasteiger partial charge is 0.228 e. The number of hydrogen-bond acceptors (Lipinski definition) is 4. The van der Waals surface area contributed by atoms with Gasteiger partial charge in [0.15, 0.2) is 0 Å². The number of anilines is 1. The molecule has 0 atom stereocenters. The summed E-state index contributed by atoms with van der Waals surface area (Å²) in [6.45, 7) is 7.23. The Balaban J connectivity index is 2.10. The summed E-state index contributed by atoms with van der Waals surface area (Å²) in [5, 5.41) is 0.636. The molecule has 1 aromatic heterocycles. The zero-order valence-corrected chi connectivity index (χ0v) is 12.2. The first-order chi connectivity index (χ1) is 11.1. The Labute approximate surface area is 131 Å². The minimum absolute atomic E-state index is 0.0527. The van der Waals surface area contributed by atoms with E-state index < -0.39 is 5.82 Å². The van der Waals surface area contributed by atoms with Crippen LogP contribution < -0.4 is 15.2 Å². The van der Waals surface area contributed by atoms with Gasteiger partial charge < -0.3 is 15.2 Å². The van der Waals surface area contributed by atoms with Gasteiger partial charge in [0, 0.05) is 17.6 Å². The summed E-state index contributed by atoms with van der Waals surface area (Å²) in [5.41, 5.74) is 6.47. The average molecular weight is 309 g/mol. The summed E-state index contributed by atoms with van der Waals surface area (Å²) < 4.78 is 24.4. The van der Waals surface area contributed by atoms with E-state index in [-0.39, 0.29) is 5.69 Å². The van der Waals surface area contributed by atoms with Crippen LogP contribution in [0.15, 0.2) is 42.6 Å². The Bertz CT molecular complexity index is 935. The van der Waals surface area contributed by atoms with E-state index >= 15 is 0 Å². The van der Waals surface area contributed by atoms with E-state index in [0.29, 0.717) is 33.8 Å². The van der Waals surface area contributed by atoms with Gasteiger partial charge in [0.2, 0.25) is 5.69 Å². The fraction of sp³-hybridized carbons (Fsp3) is 0.0588. The maximum atomic E-state index is 13.5. The Morgan fingerprint density at radius 3 is 2.70 bits per heavy atom. The van der Waals surface area contributed by atoms with Crippen molar-refractivity contribution in [3.8, 4) is 17.2 Å².